The van der Waals surface area contributed by atoms with E-state index in [0.29, 0.717) is 23.6 Å². The molecule has 1 aliphatic carbocycles. The third-order valence-electron chi connectivity index (χ3n) is 6.03. The third kappa shape index (κ3) is 3.82. The summed E-state index contributed by atoms with van der Waals surface area (Å²) >= 11 is 6.45. The number of hydrogen-bond donors (Lipinski definition) is 0. The zero-order valence-electron chi connectivity index (χ0n) is 17.5. The Bertz CT molecular complexity index is 1200. The normalized spacial score (nSPS) is 18.5. The molecule has 160 valence electrons. The summed E-state index contributed by atoms with van der Waals surface area (Å²) in [6.07, 6.45) is 2.16. The number of benzene rings is 3. The van der Waals surface area contributed by atoms with Gasteiger partial charge in [-0.1, -0.05) is 48.0 Å². The molecule has 0 N–H and O–H groups in total. The zero-order valence-corrected chi connectivity index (χ0v) is 18.2. The summed E-state index contributed by atoms with van der Waals surface area (Å²) in [6.45, 7) is 0. The molecule has 4 nitrogen and oxygen atoms in total. The summed E-state index contributed by atoms with van der Waals surface area (Å²) in [5.74, 6) is 1.22. The van der Waals surface area contributed by atoms with Gasteiger partial charge in [-0.15, -0.1) is 0 Å². The van der Waals surface area contributed by atoms with E-state index in [-0.39, 0.29) is 24.0 Å². The molecule has 1 aliphatic heterocycles. The van der Waals surface area contributed by atoms with Gasteiger partial charge in [0.1, 0.15) is 11.5 Å². The van der Waals surface area contributed by atoms with E-state index in [2.05, 4.69) is 0 Å². The minimum atomic E-state index is -0.295. The van der Waals surface area contributed by atoms with Crippen LogP contribution >= 0.6 is 11.6 Å². The van der Waals surface area contributed by atoms with Crippen molar-refractivity contribution in [2.24, 2.45) is 0 Å². The molecular weight excluding hydrogens is 422 g/mol. The van der Waals surface area contributed by atoms with Crippen LogP contribution in [0.15, 0.2) is 90.1 Å². The van der Waals surface area contributed by atoms with E-state index in [1.165, 1.54) is 0 Å². The van der Waals surface area contributed by atoms with Gasteiger partial charge in [0, 0.05) is 40.7 Å². The molecule has 0 bridgehead atoms. The van der Waals surface area contributed by atoms with E-state index in [0.717, 1.165) is 34.7 Å². The second kappa shape index (κ2) is 8.64. The summed E-state index contributed by atoms with van der Waals surface area (Å²) in [5, 5.41) is 0.589. The molecule has 0 aromatic heterocycles. The molecule has 1 heterocycles. The van der Waals surface area contributed by atoms with Crippen LogP contribution < -0.4 is 9.64 Å². The van der Waals surface area contributed by atoms with Crippen molar-refractivity contribution in [2.45, 2.75) is 31.6 Å². The van der Waals surface area contributed by atoms with Gasteiger partial charge in [-0.2, -0.15) is 0 Å². The van der Waals surface area contributed by atoms with Gasteiger partial charge in [0.05, 0.1) is 0 Å². The van der Waals surface area contributed by atoms with Gasteiger partial charge in [0.25, 0.3) is 0 Å². The number of para-hydroxylation sites is 1. The smallest absolute Gasteiger partial charge is 0.232 e. The number of ketones is 1. The number of nitrogens with zero attached hydrogens (tertiary/aromatic N) is 1. The van der Waals surface area contributed by atoms with E-state index in [1.54, 1.807) is 4.90 Å². The average Bonchev–Trinajstić information content (AvgIpc) is 2.80. The van der Waals surface area contributed by atoms with Crippen molar-refractivity contribution in [3.63, 3.8) is 0 Å². The predicted octanol–water partition coefficient (Wildman–Crippen LogP) is 6.66. The Morgan fingerprint density at radius 3 is 2.25 bits per heavy atom. The van der Waals surface area contributed by atoms with Crippen LogP contribution in [0.4, 0.5) is 5.69 Å². The van der Waals surface area contributed by atoms with Crippen LogP contribution in [0.5, 0.6) is 11.5 Å². The van der Waals surface area contributed by atoms with Crippen LogP contribution in [0.25, 0.3) is 0 Å². The molecule has 2 aliphatic rings. The van der Waals surface area contributed by atoms with Crippen molar-refractivity contribution in [2.75, 3.05) is 4.90 Å². The van der Waals surface area contributed by atoms with E-state index < -0.39 is 0 Å². The number of carbonyl (C=O) groups excluding carboxylic acids is 2. The Labute approximate surface area is 192 Å². The number of halogens is 1. The summed E-state index contributed by atoms with van der Waals surface area (Å²) < 4.78 is 5.88. The Kier molecular flexibility index (Phi) is 5.54. The first-order valence-corrected chi connectivity index (χ1v) is 11.2. The van der Waals surface area contributed by atoms with Gasteiger partial charge in [-0.05, 0) is 60.9 Å². The number of Topliss-reactive ketones (excluding diaryl/α,β-unsaturated/α-hetero) is 1. The Hall–Kier alpha value is -3.37. The van der Waals surface area contributed by atoms with Gasteiger partial charge in [0.15, 0.2) is 5.78 Å². The minimum absolute atomic E-state index is 0.0277. The highest BCUT2D eigenvalue weighted by Crippen LogP contribution is 2.45. The van der Waals surface area contributed by atoms with E-state index in [4.69, 9.17) is 16.3 Å². The van der Waals surface area contributed by atoms with E-state index in [9.17, 15) is 9.59 Å². The van der Waals surface area contributed by atoms with Crippen molar-refractivity contribution >= 4 is 29.0 Å². The topological polar surface area (TPSA) is 46.6 Å². The summed E-state index contributed by atoms with van der Waals surface area (Å²) in [5.41, 5.74) is 3.12. The third-order valence-corrected chi connectivity index (χ3v) is 6.37. The van der Waals surface area contributed by atoms with Crippen molar-refractivity contribution < 1.29 is 14.3 Å². The molecule has 5 rings (SSSR count). The number of amides is 1. The molecule has 0 saturated heterocycles. The SMILES string of the molecule is O=C1CCCC2=C1C(c1ccccc1Cl)CC(=O)N2c1ccc(Oc2ccccc2)cc1. The predicted molar refractivity (Wildman–Crippen MR) is 125 cm³/mol. The highest BCUT2D eigenvalue weighted by molar-refractivity contribution is 6.31. The molecule has 32 heavy (non-hydrogen) atoms. The lowest BCUT2D eigenvalue weighted by Gasteiger charge is -2.38. The number of hydrogen-bond acceptors (Lipinski definition) is 3. The molecule has 1 atom stereocenters. The lowest BCUT2D eigenvalue weighted by atomic mass is 9.77. The van der Waals surface area contributed by atoms with Crippen LogP contribution in [0, 0.1) is 0 Å². The fraction of sp³-hybridized carbons (Fsp3) is 0.185. The maximum absolute atomic E-state index is 13.3. The molecule has 0 saturated carbocycles. The van der Waals surface area contributed by atoms with Gasteiger partial charge in [-0.25, -0.2) is 0 Å². The van der Waals surface area contributed by atoms with Crippen LogP contribution in [0.3, 0.4) is 0 Å². The number of ether oxygens (including phenoxy) is 1. The molecule has 3 aromatic carbocycles. The molecular formula is C27H22ClNO3. The lowest BCUT2D eigenvalue weighted by Crippen LogP contribution is -2.40. The Balaban J connectivity index is 1.51. The molecule has 0 fully saturated rings. The lowest BCUT2D eigenvalue weighted by molar-refractivity contribution is -0.119. The first kappa shape index (κ1) is 20.5. The zero-order chi connectivity index (χ0) is 22.1. The molecule has 0 spiro atoms. The summed E-state index contributed by atoms with van der Waals surface area (Å²) in [7, 11) is 0. The van der Waals surface area contributed by atoms with Crippen molar-refractivity contribution in [3.05, 3.63) is 101 Å². The summed E-state index contributed by atoms with van der Waals surface area (Å²) in [4.78, 5) is 28.1. The number of carbonyl (C=O) groups is 2. The quantitative estimate of drug-likeness (QED) is 0.453. The van der Waals surface area contributed by atoms with Gasteiger partial charge < -0.3 is 4.74 Å². The fourth-order valence-corrected chi connectivity index (χ4v) is 4.87. The molecule has 5 heteroatoms. The van der Waals surface area contributed by atoms with Crippen molar-refractivity contribution in [1.29, 1.82) is 0 Å². The van der Waals surface area contributed by atoms with Crippen molar-refractivity contribution in [1.82, 2.24) is 0 Å². The number of rotatable bonds is 4. The van der Waals surface area contributed by atoms with Crippen LogP contribution in [0.1, 0.15) is 37.2 Å². The average molecular weight is 444 g/mol. The number of allylic oxidation sites excluding steroid dienone is 2. The molecule has 0 radical (unpaired) electrons. The van der Waals surface area contributed by atoms with E-state index in [1.807, 2.05) is 78.9 Å². The Morgan fingerprint density at radius 1 is 0.812 bits per heavy atom. The number of anilines is 1. The highest BCUT2D eigenvalue weighted by atomic mass is 35.5. The second-order valence-electron chi connectivity index (χ2n) is 8.05. The largest absolute Gasteiger partial charge is 0.457 e. The maximum atomic E-state index is 13.3. The van der Waals surface area contributed by atoms with E-state index >= 15 is 0 Å². The van der Waals surface area contributed by atoms with Crippen LogP contribution in [-0.2, 0) is 9.59 Å². The summed E-state index contributed by atoms with van der Waals surface area (Å²) in [6, 6.07) is 24.5. The van der Waals surface area contributed by atoms with Gasteiger partial charge >= 0.3 is 0 Å². The minimum Gasteiger partial charge on any atom is -0.457 e. The standard InChI is InChI=1S/C27H22ClNO3/c28-23-10-5-4-9-21(23)22-17-26(31)29(24-11-6-12-25(30)27(22)24)18-13-15-20(16-14-18)32-19-7-2-1-3-8-19/h1-5,7-10,13-16,22H,6,11-12,17H2. The van der Waals surface area contributed by atoms with Crippen molar-refractivity contribution in [3.8, 4) is 11.5 Å². The molecule has 3 aromatic rings. The van der Waals surface area contributed by atoms with Crippen LogP contribution in [-0.4, -0.2) is 11.7 Å². The Morgan fingerprint density at radius 2 is 1.50 bits per heavy atom. The second-order valence-corrected chi connectivity index (χ2v) is 8.46. The first-order chi connectivity index (χ1) is 15.6. The highest BCUT2D eigenvalue weighted by Gasteiger charge is 2.40. The van der Waals surface area contributed by atoms with Gasteiger partial charge in [0.2, 0.25) is 5.91 Å². The maximum Gasteiger partial charge on any atom is 0.232 e. The monoisotopic (exact) mass is 443 g/mol. The van der Waals surface area contributed by atoms with Gasteiger partial charge in [-0.3, -0.25) is 14.5 Å². The molecule has 1 amide bonds. The molecule has 1 unspecified atom stereocenters. The van der Waals surface area contributed by atoms with Crippen LogP contribution in [0.2, 0.25) is 5.02 Å². The first-order valence-electron chi connectivity index (χ1n) is 10.8. The fourth-order valence-electron chi connectivity index (χ4n) is 4.60.